The van der Waals surface area contributed by atoms with E-state index in [1.54, 1.807) is 0 Å². The molecule has 1 aliphatic heterocycles. The maximum absolute atomic E-state index is 5.40. The summed E-state index contributed by atoms with van der Waals surface area (Å²) in [5, 5.41) is 7.98. The molecule has 0 aromatic carbocycles. The van der Waals surface area contributed by atoms with E-state index >= 15 is 0 Å². The van der Waals surface area contributed by atoms with Crippen LogP contribution >= 0.6 is 0 Å². The van der Waals surface area contributed by atoms with Gasteiger partial charge in [0.1, 0.15) is 0 Å². The van der Waals surface area contributed by atoms with Gasteiger partial charge in [-0.1, -0.05) is 6.92 Å². The van der Waals surface area contributed by atoms with Crippen LogP contribution in [0.25, 0.3) is 0 Å². The lowest BCUT2D eigenvalue weighted by Gasteiger charge is -2.34. The highest BCUT2D eigenvalue weighted by Gasteiger charge is 2.26. The zero-order valence-corrected chi connectivity index (χ0v) is 10.9. The molecule has 2 rings (SSSR count). The first-order valence-corrected chi connectivity index (χ1v) is 6.56. The van der Waals surface area contributed by atoms with E-state index < -0.39 is 0 Å². The molecule has 2 heterocycles. The molecule has 0 saturated carbocycles. The van der Waals surface area contributed by atoms with Gasteiger partial charge in [-0.05, 0) is 26.2 Å². The molecule has 0 aliphatic carbocycles. The minimum Gasteiger partial charge on any atom is -0.381 e. The first-order chi connectivity index (χ1) is 8.22. The highest BCUT2D eigenvalue weighted by Crippen LogP contribution is 2.20. The van der Waals surface area contributed by atoms with E-state index in [2.05, 4.69) is 30.5 Å². The number of aryl methyl sites for hydroxylation is 1. The van der Waals surface area contributed by atoms with Crippen LogP contribution < -0.4 is 5.32 Å². The van der Waals surface area contributed by atoms with Crippen molar-refractivity contribution < 1.29 is 4.74 Å². The number of nitrogens with zero attached hydrogens (tertiary/aromatic N) is 2. The van der Waals surface area contributed by atoms with Gasteiger partial charge >= 0.3 is 0 Å². The SMILES string of the molecule is CCCn1cc(CNC2(C)CCOCC2)cn1. The molecule has 1 aromatic rings. The van der Waals surface area contributed by atoms with Crippen molar-refractivity contribution in [1.82, 2.24) is 15.1 Å². The lowest BCUT2D eigenvalue weighted by Crippen LogP contribution is -2.46. The molecule has 1 N–H and O–H groups in total. The van der Waals surface area contributed by atoms with Crippen LogP contribution in [0.2, 0.25) is 0 Å². The Balaban J connectivity index is 1.83. The van der Waals surface area contributed by atoms with E-state index in [9.17, 15) is 0 Å². The number of hydrogen-bond donors (Lipinski definition) is 1. The summed E-state index contributed by atoms with van der Waals surface area (Å²) in [6.07, 6.45) is 7.42. The molecule has 1 aromatic heterocycles. The fourth-order valence-corrected chi connectivity index (χ4v) is 2.16. The molecule has 0 unspecified atom stereocenters. The molecule has 1 fully saturated rings. The van der Waals surface area contributed by atoms with Crippen molar-refractivity contribution in [2.75, 3.05) is 13.2 Å². The van der Waals surface area contributed by atoms with Gasteiger partial charge in [0.25, 0.3) is 0 Å². The molecule has 0 atom stereocenters. The van der Waals surface area contributed by atoms with Crippen molar-refractivity contribution in [3.05, 3.63) is 18.0 Å². The van der Waals surface area contributed by atoms with Crippen molar-refractivity contribution in [3.8, 4) is 0 Å². The molecule has 1 aliphatic rings. The molecular formula is C13H23N3O. The topological polar surface area (TPSA) is 39.1 Å². The lowest BCUT2D eigenvalue weighted by atomic mass is 9.92. The Morgan fingerprint density at radius 2 is 2.24 bits per heavy atom. The summed E-state index contributed by atoms with van der Waals surface area (Å²) in [5.74, 6) is 0. The van der Waals surface area contributed by atoms with Gasteiger partial charge in [-0.15, -0.1) is 0 Å². The van der Waals surface area contributed by atoms with Crippen LogP contribution in [0.5, 0.6) is 0 Å². The molecule has 96 valence electrons. The number of ether oxygens (including phenoxy) is 1. The second-order valence-corrected chi connectivity index (χ2v) is 5.14. The first-order valence-electron chi connectivity index (χ1n) is 6.56. The van der Waals surface area contributed by atoms with Gasteiger partial charge in [-0.2, -0.15) is 5.10 Å². The maximum atomic E-state index is 5.40. The minimum atomic E-state index is 0.227. The molecule has 4 heteroatoms. The van der Waals surface area contributed by atoms with Gasteiger partial charge in [0, 0.05) is 43.6 Å². The van der Waals surface area contributed by atoms with Gasteiger partial charge in [0.15, 0.2) is 0 Å². The van der Waals surface area contributed by atoms with Gasteiger partial charge in [0.2, 0.25) is 0 Å². The molecule has 0 spiro atoms. The Bertz CT molecular complexity index is 342. The van der Waals surface area contributed by atoms with Crippen molar-refractivity contribution in [2.45, 2.75) is 51.7 Å². The Hall–Kier alpha value is -0.870. The number of aromatic nitrogens is 2. The molecule has 0 radical (unpaired) electrons. The third-order valence-electron chi connectivity index (χ3n) is 3.46. The summed E-state index contributed by atoms with van der Waals surface area (Å²) < 4.78 is 7.41. The number of nitrogens with one attached hydrogen (secondary N) is 1. The van der Waals surface area contributed by atoms with Gasteiger partial charge in [0.05, 0.1) is 6.20 Å². The summed E-state index contributed by atoms with van der Waals surface area (Å²) in [6.45, 7) is 8.11. The van der Waals surface area contributed by atoms with Crippen molar-refractivity contribution in [1.29, 1.82) is 0 Å². The smallest absolute Gasteiger partial charge is 0.0534 e. The van der Waals surface area contributed by atoms with E-state index in [0.717, 1.165) is 45.6 Å². The monoisotopic (exact) mass is 237 g/mol. The Morgan fingerprint density at radius 1 is 1.47 bits per heavy atom. The van der Waals surface area contributed by atoms with Crippen LogP contribution in [0, 0.1) is 0 Å². The van der Waals surface area contributed by atoms with Crippen LogP contribution in [0.1, 0.15) is 38.7 Å². The first kappa shape index (κ1) is 12.6. The van der Waals surface area contributed by atoms with Crippen LogP contribution in [0.3, 0.4) is 0 Å². The molecule has 0 amide bonds. The van der Waals surface area contributed by atoms with Crippen LogP contribution in [-0.4, -0.2) is 28.5 Å². The Labute approximate surface area is 103 Å². The van der Waals surface area contributed by atoms with Gasteiger partial charge in [-0.3, -0.25) is 4.68 Å². The Kier molecular flexibility index (Phi) is 4.18. The predicted molar refractivity (Wildman–Crippen MR) is 67.8 cm³/mol. The summed E-state index contributed by atoms with van der Waals surface area (Å²) in [7, 11) is 0. The molecule has 1 saturated heterocycles. The lowest BCUT2D eigenvalue weighted by molar-refractivity contribution is 0.0446. The third-order valence-corrected chi connectivity index (χ3v) is 3.46. The van der Waals surface area contributed by atoms with Crippen molar-refractivity contribution >= 4 is 0 Å². The molecule has 0 bridgehead atoms. The minimum absolute atomic E-state index is 0.227. The van der Waals surface area contributed by atoms with Crippen LogP contribution in [0.15, 0.2) is 12.4 Å². The summed E-state index contributed by atoms with van der Waals surface area (Å²) in [4.78, 5) is 0. The van der Waals surface area contributed by atoms with E-state index in [4.69, 9.17) is 4.74 Å². The van der Waals surface area contributed by atoms with E-state index in [-0.39, 0.29) is 5.54 Å². The summed E-state index contributed by atoms with van der Waals surface area (Å²) in [6, 6.07) is 0. The second-order valence-electron chi connectivity index (χ2n) is 5.14. The molecular weight excluding hydrogens is 214 g/mol. The zero-order valence-electron chi connectivity index (χ0n) is 10.9. The molecule has 17 heavy (non-hydrogen) atoms. The van der Waals surface area contributed by atoms with Crippen molar-refractivity contribution in [2.24, 2.45) is 0 Å². The van der Waals surface area contributed by atoms with E-state index in [1.807, 2.05) is 10.9 Å². The van der Waals surface area contributed by atoms with Crippen LogP contribution in [-0.2, 0) is 17.8 Å². The zero-order chi connectivity index (χ0) is 12.1. The van der Waals surface area contributed by atoms with E-state index in [1.165, 1.54) is 5.56 Å². The largest absolute Gasteiger partial charge is 0.381 e. The fourth-order valence-electron chi connectivity index (χ4n) is 2.16. The van der Waals surface area contributed by atoms with Crippen LogP contribution in [0.4, 0.5) is 0 Å². The number of hydrogen-bond acceptors (Lipinski definition) is 3. The Morgan fingerprint density at radius 3 is 2.94 bits per heavy atom. The number of rotatable bonds is 5. The average Bonchev–Trinajstić information content (AvgIpc) is 2.76. The maximum Gasteiger partial charge on any atom is 0.0534 e. The highest BCUT2D eigenvalue weighted by atomic mass is 16.5. The quantitative estimate of drug-likeness (QED) is 0.850. The predicted octanol–water partition coefficient (Wildman–Crippen LogP) is 1.95. The molecule has 4 nitrogen and oxygen atoms in total. The standard InChI is InChI=1S/C13H23N3O/c1-3-6-16-11-12(10-15-16)9-14-13(2)4-7-17-8-5-13/h10-11,14H,3-9H2,1-2H3. The normalized spacial score (nSPS) is 19.4. The highest BCUT2D eigenvalue weighted by molar-refractivity contribution is 5.04. The summed E-state index contributed by atoms with van der Waals surface area (Å²) in [5.41, 5.74) is 1.50. The van der Waals surface area contributed by atoms with Gasteiger partial charge in [-0.25, -0.2) is 0 Å². The fraction of sp³-hybridized carbons (Fsp3) is 0.769. The average molecular weight is 237 g/mol. The summed E-state index contributed by atoms with van der Waals surface area (Å²) >= 11 is 0. The van der Waals surface area contributed by atoms with Gasteiger partial charge < -0.3 is 10.1 Å². The van der Waals surface area contributed by atoms with Crippen molar-refractivity contribution in [3.63, 3.8) is 0 Å². The van der Waals surface area contributed by atoms with E-state index in [0.29, 0.717) is 0 Å². The second kappa shape index (κ2) is 5.65. The third kappa shape index (κ3) is 3.54.